The van der Waals surface area contributed by atoms with Crippen LogP contribution < -0.4 is 10.1 Å². The lowest BCUT2D eigenvalue weighted by molar-refractivity contribution is -0.122. The molecule has 8 heteroatoms. The number of amides is 3. The Labute approximate surface area is 194 Å². The van der Waals surface area contributed by atoms with Crippen LogP contribution in [0.5, 0.6) is 11.5 Å². The summed E-state index contributed by atoms with van der Waals surface area (Å²) < 4.78 is 18.7. The largest absolute Gasteiger partial charge is 0.457 e. The van der Waals surface area contributed by atoms with Crippen LogP contribution in [-0.2, 0) is 4.79 Å². The highest BCUT2D eigenvalue weighted by molar-refractivity contribution is 8.18. The predicted molar refractivity (Wildman–Crippen MR) is 124 cm³/mol. The van der Waals surface area contributed by atoms with Crippen LogP contribution in [0.2, 0.25) is 0 Å². The smallest absolute Gasteiger partial charge is 0.293 e. The summed E-state index contributed by atoms with van der Waals surface area (Å²) in [6, 6.07) is 21.6. The van der Waals surface area contributed by atoms with E-state index in [1.54, 1.807) is 30.3 Å². The molecule has 1 saturated heterocycles. The minimum atomic E-state index is -0.439. The average Bonchev–Trinajstić information content (AvgIpc) is 3.09. The van der Waals surface area contributed by atoms with Crippen LogP contribution in [0, 0.1) is 5.82 Å². The van der Waals surface area contributed by atoms with Gasteiger partial charge >= 0.3 is 0 Å². The molecular weight excluding hydrogens is 443 g/mol. The first kappa shape index (κ1) is 22.3. The molecule has 0 unspecified atom stereocenters. The zero-order valence-electron chi connectivity index (χ0n) is 17.4. The van der Waals surface area contributed by atoms with Gasteiger partial charge in [0.2, 0.25) is 0 Å². The topological polar surface area (TPSA) is 75.7 Å². The number of benzene rings is 3. The van der Waals surface area contributed by atoms with E-state index in [2.05, 4.69) is 5.32 Å². The number of imide groups is 1. The van der Waals surface area contributed by atoms with Crippen LogP contribution in [-0.4, -0.2) is 35.0 Å². The van der Waals surface area contributed by atoms with Crippen molar-refractivity contribution in [1.82, 2.24) is 10.2 Å². The Bertz CT molecular complexity index is 1200. The number of carbonyl (C=O) groups excluding carboxylic acids is 3. The van der Waals surface area contributed by atoms with Gasteiger partial charge in [-0.2, -0.15) is 0 Å². The summed E-state index contributed by atoms with van der Waals surface area (Å²) in [5.41, 5.74) is 1.05. The first-order valence-corrected chi connectivity index (χ1v) is 10.9. The third-order valence-corrected chi connectivity index (χ3v) is 5.67. The summed E-state index contributed by atoms with van der Waals surface area (Å²) in [5, 5.41) is 2.30. The second-order valence-electron chi connectivity index (χ2n) is 7.08. The first-order valence-electron chi connectivity index (χ1n) is 10.1. The molecule has 1 aliphatic rings. The molecule has 4 rings (SSSR count). The summed E-state index contributed by atoms with van der Waals surface area (Å²) in [6.45, 7) is 0.162. The summed E-state index contributed by atoms with van der Waals surface area (Å²) in [6.07, 6.45) is 1.54. The molecule has 1 fully saturated rings. The van der Waals surface area contributed by atoms with Crippen LogP contribution >= 0.6 is 11.8 Å². The number of ether oxygens (including phenoxy) is 1. The van der Waals surface area contributed by atoms with Gasteiger partial charge in [-0.15, -0.1) is 0 Å². The molecule has 0 saturated carbocycles. The lowest BCUT2D eigenvalue weighted by Gasteiger charge is -2.13. The Balaban J connectivity index is 1.29. The van der Waals surface area contributed by atoms with Gasteiger partial charge in [-0.25, -0.2) is 4.39 Å². The van der Waals surface area contributed by atoms with Crippen LogP contribution in [0.15, 0.2) is 83.8 Å². The molecule has 3 aromatic rings. The number of carbonyl (C=O) groups is 3. The molecule has 1 aliphatic heterocycles. The maximum Gasteiger partial charge on any atom is 0.293 e. The number of para-hydroxylation sites is 1. The van der Waals surface area contributed by atoms with E-state index in [1.165, 1.54) is 24.3 Å². The van der Waals surface area contributed by atoms with Crippen LogP contribution in [0.1, 0.15) is 15.9 Å². The Morgan fingerprint density at radius 2 is 1.61 bits per heavy atom. The quantitative estimate of drug-likeness (QED) is 0.496. The Morgan fingerprint density at radius 1 is 0.939 bits per heavy atom. The number of hydrogen-bond acceptors (Lipinski definition) is 5. The third kappa shape index (κ3) is 5.67. The summed E-state index contributed by atoms with van der Waals surface area (Å²) in [5.74, 6) is 0.152. The molecule has 1 N–H and O–H groups in total. The van der Waals surface area contributed by atoms with Gasteiger partial charge in [0, 0.05) is 18.7 Å². The molecule has 0 bridgehead atoms. The van der Waals surface area contributed by atoms with Gasteiger partial charge in [-0.3, -0.25) is 19.3 Å². The fourth-order valence-corrected chi connectivity index (χ4v) is 3.95. The van der Waals surface area contributed by atoms with Crippen molar-refractivity contribution in [2.75, 3.05) is 13.1 Å². The van der Waals surface area contributed by atoms with Gasteiger partial charge < -0.3 is 10.1 Å². The van der Waals surface area contributed by atoms with Gasteiger partial charge in [-0.1, -0.05) is 30.3 Å². The molecular formula is C25H19FN2O4S. The second kappa shape index (κ2) is 10.1. The molecule has 0 aromatic heterocycles. The molecule has 0 aliphatic carbocycles. The Hall–Kier alpha value is -3.91. The van der Waals surface area contributed by atoms with Crippen molar-refractivity contribution in [2.24, 2.45) is 0 Å². The number of nitrogens with one attached hydrogen (secondary N) is 1. The molecule has 1 heterocycles. The zero-order valence-corrected chi connectivity index (χ0v) is 18.2. The minimum Gasteiger partial charge on any atom is -0.457 e. The van der Waals surface area contributed by atoms with Gasteiger partial charge in [0.15, 0.2) is 0 Å². The number of rotatable bonds is 7. The normalized spacial score (nSPS) is 14.6. The maximum atomic E-state index is 13.0. The first-order chi connectivity index (χ1) is 16.0. The van der Waals surface area contributed by atoms with E-state index in [0.29, 0.717) is 22.6 Å². The molecule has 0 spiro atoms. The van der Waals surface area contributed by atoms with Crippen molar-refractivity contribution in [1.29, 1.82) is 0 Å². The van der Waals surface area contributed by atoms with Crippen molar-refractivity contribution in [3.05, 3.63) is 101 Å². The number of halogens is 1. The molecule has 3 aromatic carbocycles. The summed E-state index contributed by atoms with van der Waals surface area (Å²) >= 11 is 0.816. The van der Waals surface area contributed by atoms with E-state index in [0.717, 1.165) is 16.7 Å². The van der Waals surface area contributed by atoms with E-state index >= 15 is 0 Å². The van der Waals surface area contributed by atoms with E-state index < -0.39 is 11.1 Å². The van der Waals surface area contributed by atoms with Gasteiger partial charge in [0.05, 0.1) is 4.91 Å². The molecule has 166 valence electrons. The molecule has 6 nitrogen and oxygen atoms in total. The van der Waals surface area contributed by atoms with Crippen molar-refractivity contribution in [2.45, 2.75) is 0 Å². The van der Waals surface area contributed by atoms with E-state index in [4.69, 9.17) is 4.74 Å². The van der Waals surface area contributed by atoms with Crippen LogP contribution in [0.3, 0.4) is 0 Å². The third-order valence-electron chi connectivity index (χ3n) is 4.76. The standard InChI is InChI=1S/C25H19FN2O4S/c26-19-10-6-17(7-11-19)16-22-24(30)28(25(31)33-22)15-14-27-23(29)18-8-12-21(13-9-18)32-20-4-2-1-3-5-20/h1-13,16H,14-15H2,(H,27,29)/b22-16+. The molecule has 0 radical (unpaired) electrons. The van der Waals surface area contributed by atoms with Crippen molar-refractivity contribution in [3.8, 4) is 11.5 Å². The van der Waals surface area contributed by atoms with E-state index in [-0.39, 0.29) is 29.7 Å². The highest BCUT2D eigenvalue weighted by Gasteiger charge is 2.34. The fraction of sp³-hybridized carbons (Fsp3) is 0.0800. The molecule has 0 atom stereocenters. The SMILES string of the molecule is O=C(NCCN1C(=O)S/C(=C/c2ccc(F)cc2)C1=O)c1ccc(Oc2ccccc2)cc1. The minimum absolute atomic E-state index is 0.0480. The fourth-order valence-electron chi connectivity index (χ4n) is 3.09. The summed E-state index contributed by atoms with van der Waals surface area (Å²) in [7, 11) is 0. The maximum absolute atomic E-state index is 13.0. The van der Waals surface area contributed by atoms with E-state index in [1.807, 2.05) is 30.3 Å². The highest BCUT2D eigenvalue weighted by atomic mass is 32.2. The van der Waals surface area contributed by atoms with E-state index in [9.17, 15) is 18.8 Å². The number of thioether (sulfide) groups is 1. The lowest BCUT2D eigenvalue weighted by atomic mass is 10.2. The Morgan fingerprint density at radius 3 is 2.30 bits per heavy atom. The Kier molecular flexibility index (Phi) is 6.85. The number of nitrogens with zero attached hydrogens (tertiary/aromatic N) is 1. The van der Waals surface area contributed by atoms with Gasteiger partial charge in [0.25, 0.3) is 17.1 Å². The lowest BCUT2D eigenvalue weighted by Crippen LogP contribution is -2.37. The summed E-state index contributed by atoms with van der Waals surface area (Å²) in [4.78, 5) is 38.5. The monoisotopic (exact) mass is 462 g/mol. The van der Waals surface area contributed by atoms with Crippen molar-refractivity contribution >= 4 is 34.9 Å². The van der Waals surface area contributed by atoms with Crippen LogP contribution in [0.25, 0.3) is 6.08 Å². The molecule has 33 heavy (non-hydrogen) atoms. The highest BCUT2D eigenvalue weighted by Crippen LogP contribution is 2.32. The van der Waals surface area contributed by atoms with Gasteiger partial charge in [0.1, 0.15) is 17.3 Å². The number of hydrogen-bond donors (Lipinski definition) is 1. The van der Waals surface area contributed by atoms with Crippen LogP contribution in [0.4, 0.5) is 9.18 Å². The second-order valence-corrected chi connectivity index (χ2v) is 8.07. The van der Waals surface area contributed by atoms with Gasteiger partial charge in [-0.05, 0) is 71.9 Å². The molecule has 3 amide bonds. The van der Waals surface area contributed by atoms with Crippen molar-refractivity contribution < 1.29 is 23.5 Å². The van der Waals surface area contributed by atoms with Crippen molar-refractivity contribution in [3.63, 3.8) is 0 Å². The zero-order chi connectivity index (χ0) is 23.2. The predicted octanol–water partition coefficient (Wildman–Crippen LogP) is 5.08. The average molecular weight is 463 g/mol.